The van der Waals surface area contributed by atoms with E-state index in [1.165, 1.54) is 0 Å². The van der Waals surface area contributed by atoms with Gasteiger partial charge in [-0.25, -0.2) is 8.42 Å². The highest BCUT2D eigenvalue weighted by atomic mass is 32.2. The number of rotatable bonds is 3. The van der Waals surface area contributed by atoms with Crippen molar-refractivity contribution in [3.05, 3.63) is 29.8 Å². The number of sulfone groups is 1. The van der Waals surface area contributed by atoms with Crippen molar-refractivity contribution in [1.82, 2.24) is 0 Å². The van der Waals surface area contributed by atoms with E-state index in [1.54, 1.807) is 31.2 Å². The van der Waals surface area contributed by atoms with Crippen LogP contribution in [0.1, 0.15) is 45.1 Å². The quantitative estimate of drug-likeness (QED) is 0.596. The summed E-state index contributed by atoms with van der Waals surface area (Å²) in [5.74, 6) is -1.96. The van der Waals surface area contributed by atoms with Gasteiger partial charge in [-0.05, 0) is 58.6 Å². The van der Waals surface area contributed by atoms with Crippen molar-refractivity contribution < 1.29 is 27.8 Å². The summed E-state index contributed by atoms with van der Waals surface area (Å²) < 4.78 is 38.0. The van der Waals surface area contributed by atoms with Gasteiger partial charge in [0.05, 0.1) is 33.7 Å². The second kappa shape index (κ2) is 5.83. The molecule has 158 valence electrons. The second-order valence-corrected chi connectivity index (χ2v) is 11.9. The van der Waals surface area contributed by atoms with Crippen molar-refractivity contribution in [1.29, 1.82) is 0 Å². The number of aryl methyl sites for hydroxylation is 1. The number of aliphatic hydroxyl groups is 1. The van der Waals surface area contributed by atoms with Gasteiger partial charge in [0.2, 0.25) is 0 Å². The minimum atomic E-state index is -3.62. The molecule has 6 nitrogen and oxygen atoms in total. The van der Waals surface area contributed by atoms with Crippen LogP contribution in [0.25, 0.3) is 0 Å². The summed E-state index contributed by atoms with van der Waals surface area (Å²) in [5.41, 5.74) is -0.791. The first kappa shape index (κ1) is 19.5. The smallest absolute Gasteiger partial charge is 0.310 e. The molecule has 7 atom stereocenters. The van der Waals surface area contributed by atoms with Gasteiger partial charge >= 0.3 is 5.97 Å². The molecule has 0 amide bonds. The fraction of sp³-hybridized carbons (Fsp3) is 0.682. The number of carbonyl (C=O) groups is 1. The van der Waals surface area contributed by atoms with Gasteiger partial charge in [-0.2, -0.15) is 0 Å². The van der Waals surface area contributed by atoms with Crippen LogP contribution in [-0.4, -0.2) is 48.2 Å². The number of carbonyl (C=O) groups excluding carboxylic acids is 1. The molecule has 5 rings (SSSR count). The number of ether oxygens (including phenoxy) is 2. The van der Waals surface area contributed by atoms with Crippen LogP contribution in [0.4, 0.5) is 0 Å². The van der Waals surface area contributed by atoms with Gasteiger partial charge in [-0.1, -0.05) is 17.7 Å². The molecule has 1 aromatic carbocycles. The van der Waals surface area contributed by atoms with E-state index in [2.05, 4.69) is 6.92 Å². The molecule has 4 aliphatic rings. The Bertz CT molecular complexity index is 968. The lowest BCUT2D eigenvalue weighted by Gasteiger charge is -2.34. The molecule has 1 spiro atoms. The Kier molecular flexibility index (Phi) is 3.92. The largest absolute Gasteiger partial charge is 0.461 e. The van der Waals surface area contributed by atoms with E-state index in [4.69, 9.17) is 9.47 Å². The molecule has 2 saturated heterocycles. The standard InChI is InChI=1S/C22H28O6S/c1-13-4-6-14(7-5-13)29(25,26)12-16-15-8-9-21(3)22(28-21)11-10-20(2,24)18(22)17(15)27-19(16)23/h4-7,15-18,24H,8-12H2,1-3H3/t15-,16-,17-,18-,20+,21-,22+/m0/s1. The number of esters is 1. The summed E-state index contributed by atoms with van der Waals surface area (Å²) in [7, 11) is -3.62. The van der Waals surface area contributed by atoms with Crippen molar-refractivity contribution in [3.63, 3.8) is 0 Å². The first-order chi connectivity index (χ1) is 13.5. The fourth-order valence-corrected chi connectivity index (χ4v) is 7.92. The zero-order valence-corrected chi connectivity index (χ0v) is 17.9. The molecule has 7 heteroatoms. The molecule has 0 radical (unpaired) electrons. The Labute approximate surface area is 171 Å². The zero-order valence-electron chi connectivity index (χ0n) is 17.1. The molecular weight excluding hydrogens is 392 g/mol. The van der Waals surface area contributed by atoms with Gasteiger partial charge in [-0.3, -0.25) is 4.79 Å². The predicted octanol–water partition coefficient (Wildman–Crippen LogP) is 2.41. The Balaban J connectivity index is 1.47. The van der Waals surface area contributed by atoms with Crippen LogP contribution in [0, 0.1) is 24.7 Å². The molecule has 0 aromatic heterocycles. The van der Waals surface area contributed by atoms with Gasteiger partial charge < -0.3 is 14.6 Å². The number of epoxide rings is 1. The molecule has 1 aromatic rings. The lowest BCUT2D eigenvalue weighted by molar-refractivity contribution is -0.150. The molecular formula is C22H28O6S. The number of benzene rings is 1. The van der Waals surface area contributed by atoms with Crippen LogP contribution in [-0.2, 0) is 24.1 Å². The zero-order chi connectivity index (χ0) is 20.8. The maximum Gasteiger partial charge on any atom is 0.310 e. The van der Waals surface area contributed by atoms with Crippen LogP contribution >= 0.6 is 0 Å². The molecule has 2 aliphatic carbocycles. The maximum absolute atomic E-state index is 13.0. The molecule has 1 N–H and O–H groups in total. The highest BCUT2D eigenvalue weighted by Crippen LogP contribution is 2.69. The van der Waals surface area contributed by atoms with Crippen molar-refractivity contribution in [2.75, 3.05) is 5.75 Å². The molecule has 2 saturated carbocycles. The van der Waals surface area contributed by atoms with E-state index in [1.807, 2.05) is 6.92 Å². The van der Waals surface area contributed by atoms with E-state index in [0.717, 1.165) is 18.4 Å². The van der Waals surface area contributed by atoms with Crippen LogP contribution in [0.15, 0.2) is 29.2 Å². The Morgan fingerprint density at radius 3 is 2.52 bits per heavy atom. The van der Waals surface area contributed by atoms with Crippen LogP contribution in [0.2, 0.25) is 0 Å². The predicted molar refractivity (Wildman–Crippen MR) is 105 cm³/mol. The third kappa shape index (κ3) is 2.66. The minimum absolute atomic E-state index is 0.220. The average Bonchev–Trinajstić information content (AvgIpc) is 3.01. The van der Waals surface area contributed by atoms with Crippen molar-refractivity contribution >= 4 is 15.8 Å². The third-order valence-electron chi connectivity index (χ3n) is 7.99. The fourth-order valence-electron chi connectivity index (χ4n) is 6.32. The summed E-state index contributed by atoms with van der Waals surface area (Å²) >= 11 is 0. The average molecular weight is 421 g/mol. The second-order valence-electron chi connectivity index (χ2n) is 9.86. The first-order valence-corrected chi connectivity index (χ1v) is 12.1. The van der Waals surface area contributed by atoms with Gasteiger partial charge in [0.25, 0.3) is 0 Å². The molecule has 0 bridgehead atoms. The first-order valence-electron chi connectivity index (χ1n) is 10.4. The Morgan fingerprint density at radius 2 is 1.83 bits per heavy atom. The van der Waals surface area contributed by atoms with E-state index in [-0.39, 0.29) is 28.1 Å². The van der Waals surface area contributed by atoms with E-state index in [0.29, 0.717) is 12.8 Å². The Hall–Kier alpha value is -1.44. The van der Waals surface area contributed by atoms with Crippen molar-refractivity contribution in [3.8, 4) is 0 Å². The van der Waals surface area contributed by atoms with Gasteiger partial charge in [0.15, 0.2) is 9.84 Å². The highest BCUT2D eigenvalue weighted by molar-refractivity contribution is 7.91. The van der Waals surface area contributed by atoms with Gasteiger partial charge in [-0.15, -0.1) is 0 Å². The lowest BCUT2D eigenvalue weighted by Crippen LogP contribution is -2.47. The SMILES string of the molecule is Cc1ccc(S(=O)(=O)C[C@@H]2C(=O)O[C@H]3[C@H]2CC[C@]2(C)O[C@@]24CC[C@@](C)(O)[C@H]34)cc1. The van der Waals surface area contributed by atoms with Crippen LogP contribution in [0.5, 0.6) is 0 Å². The minimum Gasteiger partial charge on any atom is -0.461 e. The van der Waals surface area contributed by atoms with E-state index in [9.17, 15) is 18.3 Å². The molecule has 2 heterocycles. The highest BCUT2D eigenvalue weighted by Gasteiger charge is 2.80. The summed E-state index contributed by atoms with van der Waals surface area (Å²) in [6.45, 7) is 5.77. The summed E-state index contributed by atoms with van der Waals surface area (Å²) in [4.78, 5) is 13.0. The number of hydrogen-bond acceptors (Lipinski definition) is 6. The normalized spacial score (nSPS) is 45.7. The van der Waals surface area contributed by atoms with Crippen LogP contribution < -0.4 is 0 Å². The molecule has 29 heavy (non-hydrogen) atoms. The van der Waals surface area contributed by atoms with E-state index >= 15 is 0 Å². The maximum atomic E-state index is 13.0. The summed E-state index contributed by atoms with van der Waals surface area (Å²) in [5, 5.41) is 11.1. The molecule has 0 unspecified atom stereocenters. The third-order valence-corrected chi connectivity index (χ3v) is 9.78. The Morgan fingerprint density at radius 1 is 1.14 bits per heavy atom. The summed E-state index contributed by atoms with van der Waals surface area (Å²) in [6, 6.07) is 6.71. The van der Waals surface area contributed by atoms with Gasteiger partial charge in [0, 0.05) is 5.92 Å². The van der Waals surface area contributed by atoms with Crippen molar-refractivity contribution in [2.24, 2.45) is 17.8 Å². The van der Waals surface area contributed by atoms with Crippen molar-refractivity contribution in [2.45, 2.75) is 74.3 Å². The van der Waals surface area contributed by atoms with E-state index < -0.39 is 39.0 Å². The van der Waals surface area contributed by atoms with Crippen LogP contribution in [0.3, 0.4) is 0 Å². The number of fused-ring (bicyclic) bond motifs is 2. The monoisotopic (exact) mass is 420 g/mol. The summed E-state index contributed by atoms with van der Waals surface area (Å²) in [6.07, 6.45) is 2.25. The lowest BCUT2D eigenvalue weighted by atomic mass is 9.75. The number of hydrogen-bond donors (Lipinski definition) is 1. The molecule has 2 aliphatic heterocycles. The topological polar surface area (TPSA) is 93.2 Å². The molecule has 4 fully saturated rings. The van der Waals surface area contributed by atoms with Gasteiger partial charge in [0.1, 0.15) is 11.7 Å².